The number of halogens is 1. The fourth-order valence-electron chi connectivity index (χ4n) is 4.08. The molecule has 1 amide bonds. The van der Waals surface area contributed by atoms with Crippen molar-refractivity contribution in [3.8, 4) is 5.75 Å². The van der Waals surface area contributed by atoms with E-state index in [0.717, 1.165) is 44.7 Å². The van der Waals surface area contributed by atoms with E-state index in [0.29, 0.717) is 17.3 Å². The summed E-state index contributed by atoms with van der Waals surface area (Å²) in [5.74, 6) is 0.627. The topological polar surface area (TPSA) is 50.8 Å². The highest BCUT2D eigenvalue weighted by Crippen LogP contribution is 2.33. The van der Waals surface area contributed by atoms with Gasteiger partial charge in [-0.25, -0.2) is 0 Å². The van der Waals surface area contributed by atoms with E-state index in [1.165, 1.54) is 19.3 Å². The van der Waals surface area contributed by atoms with E-state index < -0.39 is 0 Å². The first-order chi connectivity index (χ1) is 12.6. The Kier molecular flexibility index (Phi) is 6.79. The number of amides is 1. The molecule has 0 unspecified atom stereocenters. The molecule has 26 heavy (non-hydrogen) atoms. The van der Waals surface area contributed by atoms with Crippen LogP contribution in [0.1, 0.15) is 37.7 Å². The van der Waals surface area contributed by atoms with Crippen LogP contribution in [-0.2, 0) is 9.53 Å². The van der Waals surface area contributed by atoms with Gasteiger partial charge >= 0.3 is 0 Å². The summed E-state index contributed by atoms with van der Waals surface area (Å²) in [6.07, 6.45) is 6.04. The number of nitrogens with one attached hydrogen (secondary N) is 1. The summed E-state index contributed by atoms with van der Waals surface area (Å²) in [6.45, 7) is 6.13. The third-order valence-electron chi connectivity index (χ3n) is 5.58. The van der Waals surface area contributed by atoms with Gasteiger partial charge in [0.2, 0.25) is 0 Å². The van der Waals surface area contributed by atoms with E-state index in [2.05, 4.69) is 10.2 Å². The van der Waals surface area contributed by atoms with Crippen molar-refractivity contribution in [1.82, 2.24) is 10.2 Å². The Morgan fingerprint density at radius 1 is 1.27 bits per heavy atom. The van der Waals surface area contributed by atoms with E-state index in [1.54, 1.807) is 12.1 Å². The number of ether oxygens (including phenoxy) is 2. The molecule has 1 heterocycles. The number of aryl methyl sites for hydroxylation is 1. The average molecular weight is 381 g/mol. The zero-order valence-corrected chi connectivity index (χ0v) is 16.3. The number of rotatable bonds is 6. The molecule has 0 radical (unpaired) electrons. The monoisotopic (exact) mass is 380 g/mol. The Balaban J connectivity index is 1.53. The van der Waals surface area contributed by atoms with Crippen molar-refractivity contribution >= 4 is 17.5 Å². The van der Waals surface area contributed by atoms with Crippen molar-refractivity contribution in [2.45, 2.75) is 44.6 Å². The molecule has 0 bridgehead atoms. The van der Waals surface area contributed by atoms with E-state index in [-0.39, 0.29) is 18.1 Å². The van der Waals surface area contributed by atoms with Crippen LogP contribution in [0.4, 0.5) is 0 Å². The molecular weight excluding hydrogens is 352 g/mol. The summed E-state index contributed by atoms with van der Waals surface area (Å²) in [7, 11) is 0. The first-order valence-corrected chi connectivity index (χ1v) is 9.95. The maximum atomic E-state index is 12.4. The molecule has 1 saturated heterocycles. The Bertz CT molecular complexity index is 611. The Morgan fingerprint density at radius 2 is 2.00 bits per heavy atom. The van der Waals surface area contributed by atoms with Gasteiger partial charge < -0.3 is 14.8 Å². The van der Waals surface area contributed by atoms with E-state index >= 15 is 0 Å². The molecule has 1 aromatic carbocycles. The normalized spacial score (nSPS) is 20.5. The van der Waals surface area contributed by atoms with Crippen molar-refractivity contribution in [2.24, 2.45) is 0 Å². The number of hydrogen-bond donors (Lipinski definition) is 1. The van der Waals surface area contributed by atoms with Gasteiger partial charge in [0.25, 0.3) is 5.91 Å². The van der Waals surface area contributed by atoms with Gasteiger partial charge in [-0.2, -0.15) is 0 Å². The van der Waals surface area contributed by atoms with E-state index in [1.807, 2.05) is 13.0 Å². The molecule has 5 nitrogen and oxygen atoms in total. The van der Waals surface area contributed by atoms with Crippen LogP contribution in [0.25, 0.3) is 0 Å². The molecule has 0 atom stereocenters. The number of benzene rings is 1. The first kappa shape index (κ1) is 19.5. The molecule has 1 aliphatic heterocycles. The van der Waals surface area contributed by atoms with Crippen molar-refractivity contribution in [3.05, 3.63) is 28.8 Å². The predicted octanol–water partition coefficient (Wildman–Crippen LogP) is 3.18. The molecule has 0 spiro atoms. The molecule has 144 valence electrons. The summed E-state index contributed by atoms with van der Waals surface area (Å²) < 4.78 is 11.2. The fraction of sp³-hybridized carbons (Fsp3) is 0.650. The summed E-state index contributed by atoms with van der Waals surface area (Å²) in [5.41, 5.74) is 1.01. The molecule has 2 aliphatic rings. The van der Waals surface area contributed by atoms with Crippen LogP contribution in [0.15, 0.2) is 18.2 Å². The average Bonchev–Trinajstić information content (AvgIpc) is 2.67. The van der Waals surface area contributed by atoms with Crippen LogP contribution in [0, 0.1) is 6.92 Å². The van der Waals surface area contributed by atoms with Gasteiger partial charge in [0, 0.05) is 30.2 Å². The van der Waals surface area contributed by atoms with Gasteiger partial charge in [0.15, 0.2) is 6.61 Å². The van der Waals surface area contributed by atoms with E-state index in [9.17, 15) is 4.79 Å². The lowest BCUT2D eigenvalue weighted by molar-refractivity contribution is -0.124. The van der Waals surface area contributed by atoms with Crippen LogP contribution in [0.2, 0.25) is 5.02 Å². The highest BCUT2D eigenvalue weighted by Gasteiger charge is 2.38. The van der Waals surface area contributed by atoms with Crippen LogP contribution in [0.5, 0.6) is 5.75 Å². The van der Waals surface area contributed by atoms with Crippen molar-refractivity contribution in [3.63, 3.8) is 0 Å². The maximum Gasteiger partial charge on any atom is 0.258 e. The summed E-state index contributed by atoms with van der Waals surface area (Å²) in [4.78, 5) is 14.9. The van der Waals surface area contributed by atoms with Crippen molar-refractivity contribution in [2.75, 3.05) is 39.5 Å². The number of carbonyl (C=O) groups is 1. The lowest BCUT2D eigenvalue weighted by Gasteiger charge is -2.48. The smallest absolute Gasteiger partial charge is 0.258 e. The SMILES string of the molecule is Cc1cc(Cl)ccc1OCC(=O)NCC1(N2CCOCC2)CCCCC1. The largest absolute Gasteiger partial charge is 0.484 e. The second kappa shape index (κ2) is 9.07. The van der Waals surface area contributed by atoms with Gasteiger partial charge in [0.1, 0.15) is 5.75 Å². The van der Waals surface area contributed by atoms with E-state index in [4.69, 9.17) is 21.1 Å². The van der Waals surface area contributed by atoms with Crippen molar-refractivity contribution < 1.29 is 14.3 Å². The molecule has 0 aromatic heterocycles. The molecule has 1 aliphatic carbocycles. The van der Waals surface area contributed by atoms with Gasteiger partial charge in [-0.05, 0) is 43.5 Å². The molecule has 6 heteroatoms. The molecule has 3 rings (SSSR count). The molecular formula is C20H29ClN2O3. The van der Waals surface area contributed by atoms with Crippen molar-refractivity contribution in [1.29, 1.82) is 0 Å². The Morgan fingerprint density at radius 3 is 2.69 bits per heavy atom. The molecule has 1 N–H and O–H groups in total. The maximum absolute atomic E-state index is 12.4. The minimum absolute atomic E-state index is 0.0294. The first-order valence-electron chi connectivity index (χ1n) is 9.58. The summed E-state index contributed by atoms with van der Waals surface area (Å²) >= 11 is 5.96. The minimum atomic E-state index is -0.0717. The zero-order valence-electron chi connectivity index (χ0n) is 15.6. The number of hydrogen-bond acceptors (Lipinski definition) is 4. The summed E-state index contributed by atoms with van der Waals surface area (Å²) in [6, 6.07) is 5.42. The lowest BCUT2D eigenvalue weighted by atomic mass is 9.79. The third-order valence-corrected chi connectivity index (χ3v) is 5.81. The fourth-order valence-corrected chi connectivity index (χ4v) is 4.31. The lowest BCUT2D eigenvalue weighted by Crippen LogP contribution is -2.60. The minimum Gasteiger partial charge on any atom is -0.484 e. The molecule has 1 aromatic rings. The zero-order chi connectivity index (χ0) is 18.4. The highest BCUT2D eigenvalue weighted by molar-refractivity contribution is 6.30. The predicted molar refractivity (Wildman–Crippen MR) is 103 cm³/mol. The molecule has 2 fully saturated rings. The Hall–Kier alpha value is -1.30. The van der Waals surface area contributed by atoms with Crippen LogP contribution in [-0.4, -0.2) is 55.8 Å². The quantitative estimate of drug-likeness (QED) is 0.823. The third kappa shape index (κ3) is 4.90. The second-order valence-electron chi connectivity index (χ2n) is 7.36. The highest BCUT2D eigenvalue weighted by atomic mass is 35.5. The second-order valence-corrected chi connectivity index (χ2v) is 7.80. The van der Waals surface area contributed by atoms with Gasteiger partial charge in [-0.1, -0.05) is 30.9 Å². The van der Waals surface area contributed by atoms with Crippen LogP contribution >= 0.6 is 11.6 Å². The Labute approximate surface area is 161 Å². The number of carbonyl (C=O) groups excluding carboxylic acids is 1. The van der Waals surface area contributed by atoms with Gasteiger partial charge in [0.05, 0.1) is 13.2 Å². The number of morpholine rings is 1. The number of nitrogens with zero attached hydrogens (tertiary/aromatic N) is 1. The summed E-state index contributed by atoms with van der Waals surface area (Å²) in [5, 5.41) is 3.79. The van der Waals surface area contributed by atoms with Crippen LogP contribution < -0.4 is 10.1 Å². The van der Waals surface area contributed by atoms with Gasteiger partial charge in [-0.3, -0.25) is 9.69 Å². The van der Waals surface area contributed by atoms with Crippen LogP contribution in [0.3, 0.4) is 0 Å². The standard InChI is InChI=1S/C20H29ClN2O3/c1-16-13-17(21)5-6-18(16)26-14-19(24)22-15-20(7-3-2-4-8-20)23-9-11-25-12-10-23/h5-6,13H,2-4,7-12,14-15H2,1H3,(H,22,24). The van der Waals surface area contributed by atoms with Gasteiger partial charge in [-0.15, -0.1) is 0 Å². The molecule has 1 saturated carbocycles.